The smallest absolute Gasteiger partial charge is 0.328 e. The van der Waals surface area contributed by atoms with Crippen molar-refractivity contribution >= 4 is 12.1 Å². The van der Waals surface area contributed by atoms with Gasteiger partial charge in [0.25, 0.3) is 0 Å². The van der Waals surface area contributed by atoms with E-state index in [-0.39, 0.29) is 6.03 Å². The van der Waals surface area contributed by atoms with Crippen molar-refractivity contribution in [3.8, 4) is 0 Å². The zero-order chi connectivity index (χ0) is 16.8. The van der Waals surface area contributed by atoms with E-state index in [1.54, 1.807) is 11.0 Å². The summed E-state index contributed by atoms with van der Waals surface area (Å²) in [5.41, 5.74) is 5.35. The monoisotopic (exact) mass is 307 g/mol. The Morgan fingerprint density at radius 2 is 1.23 bits per heavy atom. The third kappa shape index (κ3) is 8.29. The van der Waals surface area contributed by atoms with Crippen LogP contribution >= 0.6 is 0 Å². The molecule has 0 spiro atoms. The van der Waals surface area contributed by atoms with Crippen LogP contribution in [0.2, 0.25) is 0 Å². The first-order valence-electron chi connectivity index (χ1n) is 7.77. The van der Waals surface area contributed by atoms with Gasteiger partial charge in [-0.3, -0.25) is 0 Å². The normalized spacial score (nSPS) is 9.82. The number of carbonyl (C=O) groups is 2. The molecule has 0 radical (unpaired) electrons. The van der Waals surface area contributed by atoms with Gasteiger partial charge in [0.2, 0.25) is 0 Å². The van der Waals surface area contributed by atoms with E-state index in [0.717, 1.165) is 37.0 Å². The zero-order valence-electron chi connectivity index (χ0n) is 13.5. The highest BCUT2D eigenvalue weighted by atomic mass is 16.2. The molecule has 0 aliphatic carbocycles. The van der Waals surface area contributed by atoms with Crippen molar-refractivity contribution in [1.82, 2.24) is 9.80 Å². The molecule has 5 nitrogen and oxygen atoms in total. The number of hydrogen-bond acceptors (Lipinski definition) is 2. The van der Waals surface area contributed by atoms with Crippen LogP contribution in [0.3, 0.4) is 0 Å². The van der Waals surface area contributed by atoms with E-state index in [2.05, 4.69) is 19.7 Å². The largest absolute Gasteiger partial charge is 0.351 e. The second-order valence-corrected chi connectivity index (χ2v) is 5.05. The van der Waals surface area contributed by atoms with Crippen LogP contribution < -0.4 is 5.73 Å². The molecule has 124 valence electrons. The molecule has 0 aromatic carbocycles. The average molecular weight is 307 g/mol. The second kappa shape index (κ2) is 12.7. The van der Waals surface area contributed by atoms with Crippen LogP contribution in [-0.4, -0.2) is 41.5 Å². The number of carbonyl (C=O) groups excluding carboxylic acids is 2. The molecule has 0 saturated carbocycles. The Morgan fingerprint density at radius 1 is 0.818 bits per heavy atom. The Morgan fingerprint density at radius 3 is 1.59 bits per heavy atom. The van der Waals surface area contributed by atoms with Crippen LogP contribution in [0.1, 0.15) is 38.5 Å². The van der Waals surface area contributed by atoms with Crippen LogP contribution in [0, 0.1) is 0 Å². The van der Waals surface area contributed by atoms with Gasteiger partial charge in [0.1, 0.15) is 0 Å². The van der Waals surface area contributed by atoms with Crippen molar-refractivity contribution in [2.24, 2.45) is 5.73 Å². The van der Waals surface area contributed by atoms with Gasteiger partial charge in [0.05, 0.1) is 0 Å². The SMILES string of the molecule is C=CCCCN(CCCC=C)C(=O)N(CCCC=C)C(N)=O. The molecule has 0 fully saturated rings. The minimum absolute atomic E-state index is 0.315. The lowest BCUT2D eigenvalue weighted by Gasteiger charge is -2.28. The van der Waals surface area contributed by atoms with Crippen LogP contribution in [0.5, 0.6) is 0 Å². The molecule has 0 unspecified atom stereocenters. The summed E-state index contributed by atoms with van der Waals surface area (Å²) in [5, 5.41) is 0. The first-order valence-corrected chi connectivity index (χ1v) is 7.77. The fraction of sp³-hybridized carbons (Fsp3) is 0.529. The van der Waals surface area contributed by atoms with Crippen molar-refractivity contribution < 1.29 is 9.59 Å². The number of imide groups is 1. The van der Waals surface area contributed by atoms with Crippen LogP contribution in [0.25, 0.3) is 0 Å². The molecule has 0 aliphatic heterocycles. The predicted octanol–water partition coefficient (Wildman–Crippen LogP) is 3.69. The molecule has 0 aliphatic rings. The molecule has 0 rings (SSSR count). The average Bonchev–Trinajstić information content (AvgIpc) is 2.49. The number of hydrogen-bond donors (Lipinski definition) is 1. The van der Waals surface area contributed by atoms with Gasteiger partial charge in [-0.2, -0.15) is 0 Å². The lowest BCUT2D eigenvalue weighted by atomic mass is 10.2. The van der Waals surface area contributed by atoms with Gasteiger partial charge in [0.15, 0.2) is 0 Å². The number of unbranched alkanes of at least 4 members (excludes halogenated alkanes) is 3. The maximum atomic E-state index is 12.5. The maximum absolute atomic E-state index is 12.5. The van der Waals surface area contributed by atoms with E-state index in [1.807, 2.05) is 12.2 Å². The lowest BCUT2D eigenvalue weighted by Crippen LogP contribution is -2.49. The van der Waals surface area contributed by atoms with E-state index in [1.165, 1.54) is 0 Å². The Kier molecular flexibility index (Phi) is 11.5. The number of rotatable bonds is 12. The van der Waals surface area contributed by atoms with E-state index in [4.69, 9.17) is 5.73 Å². The molecule has 0 saturated heterocycles. The summed E-state index contributed by atoms with van der Waals surface area (Å²) in [6.45, 7) is 12.5. The Bertz CT molecular complexity index is 366. The number of urea groups is 2. The van der Waals surface area contributed by atoms with Crippen LogP contribution in [0.4, 0.5) is 9.59 Å². The molecule has 0 aromatic heterocycles. The molecular weight excluding hydrogens is 278 g/mol. The summed E-state index contributed by atoms with van der Waals surface area (Å²) < 4.78 is 0. The summed E-state index contributed by atoms with van der Waals surface area (Å²) in [5.74, 6) is 0. The van der Waals surface area contributed by atoms with Gasteiger partial charge < -0.3 is 10.6 Å². The van der Waals surface area contributed by atoms with Gasteiger partial charge in [-0.15, -0.1) is 19.7 Å². The zero-order valence-corrected chi connectivity index (χ0v) is 13.5. The van der Waals surface area contributed by atoms with Gasteiger partial charge in [-0.1, -0.05) is 18.2 Å². The molecule has 0 bridgehead atoms. The first-order chi connectivity index (χ1) is 10.6. The summed E-state index contributed by atoms with van der Waals surface area (Å²) in [7, 11) is 0. The summed E-state index contributed by atoms with van der Waals surface area (Å²) in [4.78, 5) is 26.9. The summed E-state index contributed by atoms with van der Waals surface area (Å²) >= 11 is 0. The van der Waals surface area contributed by atoms with E-state index in [9.17, 15) is 9.59 Å². The highest BCUT2D eigenvalue weighted by Gasteiger charge is 2.23. The predicted molar refractivity (Wildman–Crippen MR) is 91.6 cm³/mol. The van der Waals surface area contributed by atoms with E-state index >= 15 is 0 Å². The van der Waals surface area contributed by atoms with Crippen molar-refractivity contribution in [2.45, 2.75) is 38.5 Å². The topological polar surface area (TPSA) is 66.6 Å². The lowest BCUT2D eigenvalue weighted by molar-refractivity contribution is 0.156. The van der Waals surface area contributed by atoms with E-state index in [0.29, 0.717) is 26.1 Å². The molecule has 0 aromatic rings. The Hall–Kier alpha value is -2.04. The van der Waals surface area contributed by atoms with Crippen molar-refractivity contribution in [2.75, 3.05) is 19.6 Å². The second-order valence-electron chi connectivity index (χ2n) is 5.05. The molecule has 4 amide bonds. The molecule has 2 N–H and O–H groups in total. The highest BCUT2D eigenvalue weighted by Crippen LogP contribution is 2.07. The maximum Gasteiger partial charge on any atom is 0.328 e. The number of amides is 4. The molecule has 0 heterocycles. The fourth-order valence-corrected chi connectivity index (χ4v) is 2.02. The quantitative estimate of drug-likeness (QED) is 0.441. The highest BCUT2D eigenvalue weighted by molar-refractivity contribution is 5.92. The van der Waals surface area contributed by atoms with Gasteiger partial charge in [0, 0.05) is 19.6 Å². The summed E-state index contributed by atoms with van der Waals surface area (Å²) in [6.07, 6.45) is 10.1. The fourth-order valence-electron chi connectivity index (χ4n) is 2.02. The van der Waals surface area contributed by atoms with Gasteiger partial charge in [-0.05, 0) is 38.5 Å². The Labute approximate surface area is 134 Å². The van der Waals surface area contributed by atoms with Crippen LogP contribution in [-0.2, 0) is 0 Å². The number of nitrogens with zero attached hydrogens (tertiary/aromatic N) is 2. The number of nitrogens with two attached hydrogens (primary N) is 1. The third-order valence-corrected chi connectivity index (χ3v) is 3.23. The Balaban J connectivity index is 4.74. The van der Waals surface area contributed by atoms with Gasteiger partial charge in [-0.25, -0.2) is 14.5 Å². The van der Waals surface area contributed by atoms with Crippen molar-refractivity contribution in [3.63, 3.8) is 0 Å². The minimum Gasteiger partial charge on any atom is -0.351 e. The molecule has 0 atom stereocenters. The molecular formula is C17H29N3O2. The number of primary amides is 1. The third-order valence-electron chi connectivity index (χ3n) is 3.23. The summed E-state index contributed by atoms with van der Waals surface area (Å²) in [6, 6.07) is -1.02. The van der Waals surface area contributed by atoms with Gasteiger partial charge >= 0.3 is 12.1 Å². The minimum atomic E-state index is -0.702. The van der Waals surface area contributed by atoms with E-state index < -0.39 is 6.03 Å². The molecule has 22 heavy (non-hydrogen) atoms. The first kappa shape index (κ1) is 20.0. The standard InChI is InChI=1S/C17H29N3O2/c1-4-7-10-13-19(14-11-8-5-2)17(22)20(16(18)21)15-12-9-6-3/h4-6H,1-3,7-15H2,(H2,18,21). The number of allylic oxidation sites excluding steroid dienone is 3. The van der Waals surface area contributed by atoms with Crippen molar-refractivity contribution in [1.29, 1.82) is 0 Å². The molecule has 5 heteroatoms. The van der Waals surface area contributed by atoms with Crippen molar-refractivity contribution in [3.05, 3.63) is 38.0 Å². The van der Waals surface area contributed by atoms with Crippen LogP contribution in [0.15, 0.2) is 38.0 Å².